The Labute approximate surface area is 107 Å². The third-order valence-corrected chi connectivity index (χ3v) is 3.64. The molecule has 0 aromatic heterocycles. The number of hydrogen-bond donors (Lipinski definition) is 1. The van der Waals surface area contributed by atoms with Gasteiger partial charge < -0.3 is 10.2 Å². The van der Waals surface area contributed by atoms with Gasteiger partial charge in [-0.25, -0.2) is 8.78 Å². The Morgan fingerprint density at radius 2 is 2.22 bits per heavy atom. The smallest absolute Gasteiger partial charge is 0.126 e. The zero-order valence-electron chi connectivity index (χ0n) is 10.8. The van der Waals surface area contributed by atoms with Crippen LogP contribution in [0, 0.1) is 11.6 Å². The van der Waals surface area contributed by atoms with E-state index in [1.807, 2.05) is 0 Å². The van der Waals surface area contributed by atoms with Crippen LogP contribution in [0.5, 0.6) is 0 Å². The molecule has 1 saturated heterocycles. The van der Waals surface area contributed by atoms with Crippen LogP contribution in [0.3, 0.4) is 0 Å². The van der Waals surface area contributed by atoms with Gasteiger partial charge in [0.05, 0.1) is 0 Å². The minimum Gasteiger partial charge on any atom is -0.315 e. The van der Waals surface area contributed by atoms with E-state index in [4.69, 9.17) is 0 Å². The van der Waals surface area contributed by atoms with Crippen molar-refractivity contribution in [2.45, 2.75) is 25.3 Å². The van der Waals surface area contributed by atoms with E-state index in [-0.39, 0.29) is 11.6 Å². The first-order valence-corrected chi connectivity index (χ1v) is 6.51. The highest BCUT2D eigenvalue weighted by atomic mass is 19.1. The summed E-state index contributed by atoms with van der Waals surface area (Å²) in [6.45, 7) is 2.83. The Balaban J connectivity index is 1.88. The number of nitrogens with zero attached hydrogens (tertiary/aromatic N) is 1. The van der Waals surface area contributed by atoms with Crippen molar-refractivity contribution in [1.82, 2.24) is 10.2 Å². The van der Waals surface area contributed by atoms with Crippen molar-refractivity contribution in [1.29, 1.82) is 0 Å². The van der Waals surface area contributed by atoms with Crippen molar-refractivity contribution in [3.63, 3.8) is 0 Å². The zero-order chi connectivity index (χ0) is 13.0. The van der Waals surface area contributed by atoms with Gasteiger partial charge in [0, 0.05) is 19.1 Å². The van der Waals surface area contributed by atoms with E-state index in [1.54, 1.807) is 0 Å². The van der Waals surface area contributed by atoms with Gasteiger partial charge in [0.15, 0.2) is 0 Å². The van der Waals surface area contributed by atoms with Crippen LogP contribution >= 0.6 is 0 Å². The summed E-state index contributed by atoms with van der Waals surface area (Å²) in [6, 6.07) is 4.17. The van der Waals surface area contributed by atoms with Crippen LogP contribution in [0.2, 0.25) is 0 Å². The average Bonchev–Trinajstić information content (AvgIpc) is 2.40. The lowest BCUT2D eigenvalue weighted by atomic mass is 10.1. The molecule has 2 nitrogen and oxygen atoms in total. The molecule has 4 heteroatoms. The maximum Gasteiger partial charge on any atom is 0.126 e. The third kappa shape index (κ3) is 3.50. The fraction of sp³-hybridized carbons (Fsp3) is 0.571. The van der Waals surface area contributed by atoms with Crippen molar-refractivity contribution < 1.29 is 8.78 Å². The van der Waals surface area contributed by atoms with E-state index in [0.717, 1.165) is 25.7 Å². The second-order valence-electron chi connectivity index (χ2n) is 4.97. The van der Waals surface area contributed by atoms with Crippen LogP contribution in [0.1, 0.15) is 18.4 Å². The minimum absolute atomic E-state index is 0.313. The Morgan fingerprint density at radius 1 is 1.39 bits per heavy atom. The molecule has 0 radical (unpaired) electrons. The summed E-state index contributed by atoms with van der Waals surface area (Å²) in [5.41, 5.74) is 0.464. The topological polar surface area (TPSA) is 15.3 Å². The lowest BCUT2D eigenvalue weighted by Gasteiger charge is -2.31. The monoisotopic (exact) mass is 254 g/mol. The molecule has 0 bridgehead atoms. The van der Waals surface area contributed by atoms with E-state index in [1.165, 1.54) is 25.0 Å². The van der Waals surface area contributed by atoms with Crippen molar-refractivity contribution in [3.8, 4) is 0 Å². The van der Waals surface area contributed by atoms with Gasteiger partial charge in [0.2, 0.25) is 0 Å². The summed E-state index contributed by atoms with van der Waals surface area (Å²) in [6.07, 6.45) is 2.91. The highest BCUT2D eigenvalue weighted by Crippen LogP contribution is 2.13. The molecule has 0 amide bonds. The number of nitrogens with one attached hydrogen (secondary N) is 1. The van der Waals surface area contributed by atoms with Crippen LogP contribution in [0.15, 0.2) is 18.2 Å². The van der Waals surface area contributed by atoms with Gasteiger partial charge in [-0.15, -0.1) is 0 Å². The Kier molecular flexibility index (Phi) is 4.66. The molecule has 1 aliphatic heterocycles. The van der Waals surface area contributed by atoms with Crippen LogP contribution in [0.4, 0.5) is 8.78 Å². The number of hydrogen-bond acceptors (Lipinski definition) is 2. The lowest BCUT2D eigenvalue weighted by molar-refractivity contribution is 0.204. The van der Waals surface area contributed by atoms with E-state index in [2.05, 4.69) is 17.3 Å². The van der Waals surface area contributed by atoms with Gasteiger partial charge in [-0.2, -0.15) is 0 Å². The predicted octanol–water partition coefficient (Wildman–Crippen LogP) is 2.19. The summed E-state index contributed by atoms with van der Waals surface area (Å²) < 4.78 is 26.5. The van der Waals surface area contributed by atoms with Gasteiger partial charge in [0.25, 0.3) is 0 Å². The second kappa shape index (κ2) is 6.25. The average molecular weight is 254 g/mol. The summed E-state index contributed by atoms with van der Waals surface area (Å²) >= 11 is 0. The predicted molar refractivity (Wildman–Crippen MR) is 68.6 cm³/mol. The molecule has 1 fully saturated rings. The van der Waals surface area contributed by atoms with E-state index in [0.29, 0.717) is 18.0 Å². The molecular weight excluding hydrogens is 234 g/mol. The molecule has 0 saturated carbocycles. The number of piperidine rings is 1. The quantitative estimate of drug-likeness (QED) is 0.886. The molecule has 1 aromatic rings. The molecule has 100 valence electrons. The first-order valence-electron chi connectivity index (χ1n) is 6.51. The maximum atomic E-state index is 13.5. The van der Waals surface area contributed by atoms with Crippen molar-refractivity contribution in [3.05, 3.63) is 35.4 Å². The second-order valence-corrected chi connectivity index (χ2v) is 4.97. The molecule has 0 aliphatic carbocycles. The summed E-state index contributed by atoms with van der Waals surface area (Å²) in [4.78, 5) is 2.23. The molecular formula is C14H20F2N2. The highest BCUT2D eigenvalue weighted by molar-refractivity contribution is 5.19. The fourth-order valence-electron chi connectivity index (χ4n) is 2.42. The standard InChI is InChI=1S/C14H20F2N2/c1-18(13-3-2-7-17-10-13)8-6-11-9-12(15)4-5-14(11)16/h4-5,9,13,17H,2-3,6-8,10H2,1H3. The lowest BCUT2D eigenvalue weighted by Crippen LogP contribution is -2.44. The number of benzene rings is 1. The molecule has 2 rings (SSSR count). The van der Waals surface area contributed by atoms with Crippen LogP contribution in [0.25, 0.3) is 0 Å². The Morgan fingerprint density at radius 3 is 2.94 bits per heavy atom. The Bertz CT molecular complexity index is 389. The van der Waals surface area contributed by atoms with Crippen LogP contribution < -0.4 is 5.32 Å². The number of rotatable bonds is 4. The number of halogens is 2. The molecule has 1 heterocycles. The SMILES string of the molecule is CN(CCc1cc(F)ccc1F)C1CCCNC1. The van der Waals surface area contributed by atoms with Crippen molar-refractivity contribution in [2.75, 3.05) is 26.7 Å². The van der Waals surface area contributed by atoms with Crippen molar-refractivity contribution >= 4 is 0 Å². The molecule has 1 unspecified atom stereocenters. The largest absolute Gasteiger partial charge is 0.315 e. The molecule has 1 N–H and O–H groups in total. The summed E-state index contributed by atoms with van der Waals surface area (Å²) in [5.74, 6) is -0.681. The Hall–Kier alpha value is -1.00. The van der Waals surface area contributed by atoms with E-state index < -0.39 is 0 Å². The number of likely N-dealkylation sites (N-methyl/N-ethyl adjacent to an activating group) is 1. The first kappa shape index (κ1) is 13.4. The molecule has 18 heavy (non-hydrogen) atoms. The van der Waals surface area contributed by atoms with E-state index in [9.17, 15) is 8.78 Å². The van der Waals surface area contributed by atoms with E-state index >= 15 is 0 Å². The van der Waals surface area contributed by atoms with Gasteiger partial charge in [-0.3, -0.25) is 0 Å². The fourth-order valence-corrected chi connectivity index (χ4v) is 2.42. The summed E-state index contributed by atoms with van der Waals surface area (Å²) in [5, 5.41) is 3.36. The molecule has 1 atom stereocenters. The molecule has 1 aliphatic rings. The summed E-state index contributed by atoms with van der Waals surface area (Å²) in [7, 11) is 2.05. The maximum absolute atomic E-state index is 13.5. The molecule has 0 spiro atoms. The zero-order valence-corrected chi connectivity index (χ0v) is 10.8. The molecule has 1 aromatic carbocycles. The first-order chi connectivity index (χ1) is 8.66. The van der Waals surface area contributed by atoms with Crippen LogP contribution in [-0.2, 0) is 6.42 Å². The van der Waals surface area contributed by atoms with Crippen molar-refractivity contribution in [2.24, 2.45) is 0 Å². The van der Waals surface area contributed by atoms with Gasteiger partial charge in [-0.1, -0.05) is 0 Å². The van der Waals surface area contributed by atoms with Crippen LogP contribution in [-0.4, -0.2) is 37.6 Å². The van der Waals surface area contributed by atoms with Gasteiger partial charge >= 0.3 is 0 Å². The normalized spacial score (nSPS) is 20.3. The highest BCUT2D eigenvalue weighted by Gasteiger charge is 2.17. The van der Waals surface area contributed by atoms with Gasteiger partial charge in [-0.05, 0) is 56.6 Å². The van der Waals surface area contributed by atoms with Gasteiger partial charge in [0.1, 0.15) is 11.6 Å². The third-order valence-electron chi connectivity index (χ3n) is 3.64. The minimum atomic E-state index is -0.367.